The second-order valence-electron chi connectivity index (χ2n) is 4.57. The average molecular weight is 252 g/mol. The molecule has 4 N–H and O–H groups in total. The van der Waals surface area contributed by atoms with Crippen LogP contribution >= 0.6 is 0 Å². The summed E-state index contributed by atoms with van der Waals surface area (Å²) in [6, 6.07) is 4.86. The highest BCUT2D eigenvalue weighted by molar-refractivity contribution is 5.37. The molecular weight excluding hydrogens is 232 g/mol. The molecule has 1 fully saturated rings. The van der Waals surface area contributed by atoms with Crippen molar-refractivity contribution < 1.29 is 14.9 Å². The van der Waals surface area contributed by atoms with Gasteiger partial charge in [0.25, 0.3) is 0 Å². The number of aliphatic hydroxyl groups excluding tert-OH is 1. The van der Waals surface area contributed by atoms with E-state index in [0.717, 1.165) is 37.4 Å². The number of nitrogens with zero attached hydrogens (tertiary/aromatic N) is 1. The third kappa shape index (κ3) is 3.20. The zero-order valence-electron chi connectivity index (χ0n) is 10.4. The van der Waals surface area contributed by atoms with Gasteiger partial charge in [-0.1, -0.05) is 6.07 Å². The van der Waals surface area contributed by atoms with Gasteiger partial charge in [0.2, 0.25) is 0 Å². The molecule has 1 heterocycles. The number of morpholine rings is 1. The molecule has 0 bridgehead atoms. The molecule has 0 unspecified atom stereocenters. The van der Waals surface area contributed by atoms with Crippen LogP contribution in [0.3, 0.4) is 0 Å². The Morgan fingerprint density at radius 1 is 1.33 bits per heavy atom. The van der Waals surface area contributed by atoms with Crippen molar-refractivity contribution in [3.8, 4) is 5.75 Å². The first-order chi connectivity index (χ1) is 8.70. The van der Waals surface area contributed by atoms with E-state index in [1.807, 2.05) is 6.07 Å². The molecule has 0 aromatic heterocycles. The van der Waals surface area contributed by atoms with E-state index in [1.54, 1.807) is 12.1 Å². The summed E-state index contributed by atoms with van der Waals surface area (Å²) in [6.45, 7) is 3.79. The molecule has 1 atom stereocenters. The first kappa shape index (κ1) is 13.3. The average Bonchev–Trinajstić information content (AvgIpc) is 2.41. The summed E-state index contributed by atoms with van der Waals surface area (Å²) in [5.74, 6) is 0.274. The van der Waals surface area contributed by atoms with Crippen LogP contribution in [0.5, 0.6) is 5.75 Å². The van der Waals surface area contributed by atoms with Gasteiger partial charge in [-0.15, -0.1) is 0 Å². The van der Waals surface area contributed by atoms with E-state index in [-0.39, 0.29) is 12.4 Å². The number of aliphatic hydroxyl groups is 1. The van der Waals surface area contributed by atoms with Crippen LogP contribution in [-0.2, 0) is 11.3 Å². The van der Waals surface area contributed by atoms with Crippen LogP contribution in [0.2, 0.25) is 0 Å². The Morgan fingerprint density at radius 2 is 2.06 bits per heavy atom. The fourth-order valence-electron chi connectivity index (χ4n) is 2.07. The number of hydrogen-bond donors (Lipinski definition) is 3. The largest absolute Gasteiger partial charge is 0.508 e. The van der Waals surface area contributed by atoms with Gasteiger partial charge in [0, 0.05) is 25.2 Å². The lowest BCUT2D eigenvalue weighted by atomic mass is 10.0. The number of phenolic OH excluding ortho intramolecular Hbond substituents is 1. The van der Waals surface area contributed by atoms with Crippen LogP contribution in [0.1, 0.15) is 17.2 Å². The van der Waals surface area contributed by atoms with Crippen LogP contribution in [0.15, 0.2) is 18.2 Å². The lowest BCUT2D eigenvalue weighted by Crippen LogP contribution is -2.35. The monoisotopic (exact) mass is 252 g/mol. The number of rotatable bonds is 4. The molecule has 5 nitrogen and oxygen atoms in total. The van der Waals surface area contributed by atoms with E-state index < -0.39 is 6.04 Å². The lowest BCUT2D eigenvalue weighted by molar-refractivity contribution is 0.0338. The lowest BCUT2D eigenvalue weighted by Gasteiger charge is -2.27. The molecule has 0 aliphatic carbocycles. The first-order valence-electron chi connectivity index (χ1n) is 6.19. The van der Waals surface area contributed by atoms with E-state index >= 15 is 0 Å². The van der Waals surface area contributed by atoms with Gasteiger partial charge in [-0.2, -0.15) is 0 Å². The minimum Gasteiger partial charge on any atom is -0.508 e. The highest BCUT2D eigenvalue weighted by atomic mass is 16.5. The van der Waals surface area contributed by atoms with Gasteiger partial charge in [-0.3, -0.25) is 4.90 Å². The third-order valence-corrected chi connectivity index (χ3v) is 3.23. The highest BCUT2D eigenvalue weighted by Crippen LogP contribution is 2.23. The van der Waals surface area contributed by atoms with Gasteiger partial charge < -0.3 is 20.7 Å². The highest BCUT2D eigenvalue weighted by Gasteiger charge is 2.14. The molecule has 1 aliphatic rings. The topological polar surface area (TPSA) is 79.0 Å². The van der Waals surface area contributed by atoms with E-state index in [1.165, 1.54) is 0 Å². The van der Waals surface area contributed by atoms with Gasteiger partial charge in [0.05, 0.1) is 25.9 Å². The third-order valence-electron chi connectivity index (χ3n) is 3.23. The van der Waals surface area contributed by atoms with Crippen LogP contribution in [-0.4, -0.2) is 48.0 Å². The molecular formula is C13H20N2O3. The Hall–Kier alpha value is -1.14. The predicted molar refractivity (Wildman–Crippen MR) is 68.2 cm³/mol. The van der Waals surface area contributed by atoms with Crippen LogP contribution in [0, 0.1) is 0 Å². The van der Waals surface area contributed by atoms with Gasteiger partial charge in [0.15, 0.2) is 0 Å². The Bertz CT molecular complexity index is 392. The van der Waals surface area contributed by atoms with Crippen molar-refractivity contribution in [1.29, 1.82) is 0 Å². The minimum absolute atomic E-state index is 0.0955. The molecule has 1 aliphatic heterocycles. The Balaban J connectivity index is 2.10. The standard InChI is InChI=1S/C13H20N2O3/c14-12(9-16)10-1-2-13(17)11(7-10)8-15-3-5-18-6-4-15/h1-2,7,12,16-17H,3-6,8-9,14H2/t12-/m1/s1. The predicted octanol–water partition coefficient (Wildman–Crippen LogP) is 0.216. The summed E-state index contributed by atoms with van der Waals surface area (Å²) in [6.07, 6.45) is 0. The van der Waals surface area contributed by atoms with E-state index in [4.69, 9.17) is 15.6 Å². The van der Waals surface area contributed by atoms with Gasteiger partial charge in [-0.05, 0) is 17.7 Å². The van der Waals surface area contributed by atoms with Crippen molar-refractivity contribution in [2.24, 2.45) is 5.73 Å². The number of nitrogens with two attached hydrogens (primary N) is 1. The number of ether oxygens (including phenoxy) is 1. The molecule has 0 radical (unpaired) electrons. The first-order valence-corrected chi connectivity index (χ1v) is 6.19. The second kappa shape index (κ2) is 6.15. The Labute approximate surface area is 107 Å². The van der Waals surface area contributed by atoms with Gasteiger partial charge in [-0.25, -0.2) is 0 Å². The molecule has 100 valence electrons. The van der Waals surface area contributed by atoms with Crippen LogP contribution in [0.4, 0.5) is 0 Å². The van der Waals surface area contributed by atoms with E-state index in [9.17, 15) is 5.11 Å². The Morgan fingerprint density at radius 3 is 2.72 bits per heavy atom. The molecule has 18 heavy (non-hydrogen) atoms. The molecule has 1 aromatic rings. The molecule has 0 saturated carbocycles. The van der Waals surface area contributed by atoms with Crippen molar-refractivity contribution >= 4 is 0 Å². The summed E-state index contributed by atoms with van der Waals surface area (Å²) in [5.41, 5.74) is 7.47. The fraction of sp³-hybridized carbons (Fsp3) is 0.538. The SMILES string of the molecule is N[C@H](CO)c1ccc(O)c(CN2CCOCC2)c1. The quantitative estimate of drug-likeness (QED) is 0.714. The van der Waals surface area contributed by atoms with Crippen molar-refractivity contribution in [3.63, 3.8) is 0 Å². The summed E-state index contributed by atoms with van der Waals surface area (Å²) in [7, 11) is 0. The second-order valence-corrected chi connectivity index (χ2v) is 4.57. The molecule has 1 aromatic carbocycles. The van der Waals surface area contributed by atoms with E-state index in [2.05, 4.69) is 4.90 Å². The van der Waals surface area contributed by atoms with Crippen molar-refractivity contribution in [3.05, 3.63) is 29.3 Å². The Kier molecular flexibility index (Phi) is 4.54. The number of benzene rings is 1. The van der Waals surface area contributed by atoms with Crippen molar-refractivity contribution in [1.82, 2.24) is 4.90 Å². The molecule has 1 saturated heterocycles. The molecule has 0 amide bonds. The number of hydrogen-bond acceptors (Lipinski definition) is 5. The van der Waals surface area contributed by atoms with Gasteiger partial charge in [0.1, 0.15) is 5.75 Å². The van der Waals surface area contributed by atoms with Crippen LogP contribution in [0.25, 0.3) is 0 Å². The van der Waals surface area contributed by atoms with Crippen molar-refractivity contribution in [2.75, 3.05) is 32.9 Å². The zero-order valence-corrected chi connectivity index (χ0v) is 10.4. The van der Waals surface area contributed by atoms with Crippen molar-refractivity contribution in [2.45, 2.75) is 12.6 Å². The summed E-state index contributed by atoms with van der Waals surface area (Å²) in [4.78, 5) is 2.23. The van der Waals surface area contributed by atoms with E-state index in [0.29, 0.717) is 6.54 Å². The van der Waals surface area contributed by atoms with Gasteiger partial charge >= 0.3 is 0 Å². The minimum atomic E-state index is -0.394. The smallest absolute Gasteiger partial charge is 0.120 e. The molecule has 0 spiro atoms. The summed E-state index contributed by atoms with van der Waals surface area (Å²) in [5, 5.41) is 18.9. The molecule has 2 rings (SSSR count). The van der Waals surface area contributed by atoms with Crippen LogP contribution < -0.4 is 5.73 Å². The summed E-state index contributed by atoms with van der Waals surface area (Å²) < 4.78 is 5.29. The maximum absolute atomic E-state index is 9.86. The molecule has 5 heteroatoms. The summed E-state index contributed by atoms with van der Waals surface area (Å²) >= 11 is 0. The number of phenols is 1. The number of aromatic hydroxyl groups is 1. The normalized spacial score (nSPS) is 18.8. The fourth-order valence-corrected chi connectivity index (χ4v) is 2.07. The maximum Gasteiger partial charge on any atom is 0.120 e. The zero-order chi connectivity index (χ0) is 13.0. The maximum atomic E-state index is 9.86.